The predicted molar refractivity (Wildman–Crippen MR) is 98.1 cm³/mol. The number of benzene rings is 2. The summed E-state index contributed by atoms with van der Waals surface area (Å²) >= 11 is 0. The van der Waals surface area contributed by atoms with Crippen molar-refractivity contribution in [2.75, 3.05) is 26.8 Å². The second-order valence-electron chi connectivity index (χ2n) is 5.91. The highest BCUT2D eigenvalue weighted by atomic mass is 16.5. The molecule has 1 N–H and O–H groups in total. The molecule has 1 heterocycles. The van der Waals surface area contributed by atoms with Crippen LogP contribution in [-0.2, 0) is 9.53 Å². The third-order valence-electron chi connectivity index (χ3n) is 4.20. The fraction of sp³-hybridized carbons (Fsp3) is 0.200. The number of hydrogen-bond acceptors (Lipinski definition) is 6. The molecule has 0 unspecified atom stereocenters. The Hall–Kier alpha value is -3.68. The molecule has 8 nitrogen and oxygen atoms in total. The molecule has 0 aromatic heterocycles. The van der Waals surface area contributed by atoms with E-state index in [-0.39, 0.29) is 19.7 Å². The highest BCUT2D eigenvalue weighted by Gasteiger charge is 2.34. The van der Waals surface area contributed by atoms with Gasteiger partial charge in [-0.2, -0.15) is 0 Å². The highest BCUT2D eigenvalue weighted by molar-refractivity contribution is 6.21. The van der Waals surface area contributed by atoms with Crippen LogP contribution in [0, 0.1) is 0 Å². The molecule has 0 saturated heterocycles. The van der Waals surface area contributed by atoms with E-state index in [1.54, 1.807) is 48.5 Å². The smallest absolute Gasteiger partial charge is 0.325 e. The summed E-state index contributed by atoms with van der Waals surface area (Å²) in [5.74, 6) is -1.60. The first kappa shape index (κ1) is 19.1. The molecule has 8 heteroatoms. The number of hydrogen-bond donors (Lipinski definition) is 1. The number of nitrogens with zero attached hydrogens (tertiary/aromatic N) is 1. The fourth-order valence-electron chi connectivity index (χ4n) is 2.82. The molecule has 3 amide bonds. The van der Waals surface area contributed by atoms with Gasteiger partial charge in [-0.25, -0.2) is 0 Å². The van der Waals surface area contributed by atoms with E-state index < -0.39 is 23.7 Å². The number of methoxy groups -OCH3 is 1. The van der Waals surface area contributed by atoms with E-state index in [0.29, 0.717) is 22.4 Å². The van der Waals surface area contributed by atoms with Crippen molar-refractivity contribution in [1.82, 2.24) is 10.2 Å². The molecule has 0 bridgehead atoms. The first-order valence-corrected chi connectivity index (χ1v) is 8.55. The number of fused-ring (bicyclic) bond motifs is 1. The van der Waals surface area contributed by atoms with E-state index in [0.717, 1.165) is 4.90 Å². The van der Waals surface area contributed by atoms with Crippen LogP contribution < -0.4 is 10.1 Å². The van der Waals surface area contributed by atoms with Gasteiger partial charge in [0, 0.05) is 0 Å². The molecule has 0 fully saturated rings. The first-order valence-electron chi connectivity index (χ1n) is 8.55. The van der Waals surface area contributed by atoms with Crippen LogP contribution in [0.3, 0.4) is 0 Å². The third-order valence-corrected chi connectivity index (χ3v) is 4.20. The lowest BCUT2D eigenvalue weighted by Crippen LogP contribution is -2.35. The molecule has 1 aliphatic rings. The summed E-state index contributed by atoms with van der Waals surface area (Å²) in [6.45, 7) is -0.563. The van der Waals surface area contributed by atoms with Crippen LogP contribution >= 0.6 is 0 Å². The van der Waals surface area contributed by atoms with Crippen LogP contribution in [0.15, 0.2) is 48.5 Å². The Balaban J connectivity index is 1.46. The fourth-order valence-corrected chi connectivity index (χ4v) is 2.82. The molecule has 0 spiro atoms. The standard InChI is InChI=1S/C20H18N2O6/c1-27-16-9-5-4-8-15(16)18(24)21-12-17(23)28-11-10-22-19(25)13-6-2-3-7-14(13)20(22)26/h2-9H,10-12H2,1H3,(H,21,24). The van der Waals surface area contributed by atoms with Gasteiger partial charge in [-0.3, -0.25) is 24.1 Å². The van der Waals surface area contributed by atoms with Crippen LogP contribution in [0.1, 0.15) is 31.1 Å². The number of esters is 1. The molecule has 0 saturated carbocycles. The Morgan fingerprint density at radius 1 is 0.964 bits per heavy atom. The minimum absolute atomic E-state index is 0.0570. The zero-order valence-corrected chi connectivity index (χ0v) is 15.1. The van der Waals surface area contributed by atoms with Gasteiger partial charge in [-0.1, -0.05) is 24.3 Å². The van der Waals surface area contributed by atoms with Crippen molar-refractivity contribution >= 4 is 23.7 Å². The van der Waals surface area contributed by atoms with Crippen LogP contribution in [0.4, 0.5) is 0 Å². The maximum atomic E-state index is 12.2. The first-order chi connectivity index (χ1) is 13.5. The third kappa shape index (κ3) is 3.85. The molecule has 3 rings (SSSR count). The Labute approximate surface area is 161 Å². The van der Waals surface area contributed by atoms with Crippen molar-refractivity contribution in [3.05, 3.63) is 65.2 Å². The van der Waals surface area contributed by atoms with Gasteiger partial charge in [0.15, 0.2) is 0 Å². The van der Waals surface area contributed by atoms with E-state index in [4.69, 9.17) is 9.47 Å². The number of nitrogens with one attached hydrogen (secondary N) is 1. The SMILES string of the molecule is COc1ccccc1C(=O)NCC(=O)OCCN1C(=O)c2ccccc2C1=O. The Bertz CT molecular complexity index is 905. The number of amides is 3. The van der Waals surface area contributed by atoms with E-state index in [2.05, 4.69) is 5.32 Å². The number of rotatable bonds is 7. The number of carbonyl (C=O) groups excluding carboxylic acids is 4. The summed E-state index contributed by atoms with van der Waals surface area (Å²) in [5, 5.41) is 2.44. The average molecular weight is 382 g/mol. The van der Waals surface area contributed by atoms with E-state index in [1.807, 2.05) is 0 Å². The minimum Gasteiger partial charge on any atom is -0.496 e. The maximum Gasteiger partial charge on any atom is 0.325 e. The Morgan fingerprint density at radius 2 is 1.57 bits per heavy atom. The van der Waals surface area contributed by atoms with Crippen LogP contribution in [0.2, 0.25) is 0 Å². The lowest BCUT2D eigenvalue weighted by molar-refractivity contribution is -0.142. The molecular weight excluding hydrogens is 364 g/mol. The number of imide groups is 1. The van der Waals surface area contributed by atoms with Crippen LogP contribution in [0.25, 0.3) is 0 Å². The predicted octanol–water partition coefficient (Wildman–Crippen LogP) is 1.26. The van der Waals surface area contributed by atoms with E-state index in [9.17, 15) is 19.2 Å². The average Bonchev–Trinajstić information content (AvgIpc) is 2.97. The summed E-state index contributed by atoms with van der Waals surface area (Å²) in [4.78, 5) is 49.4. The van der Waals surface area contributed by atoms with E-state index >= 15 is 0 Å². The number of para-hydroxylation sites is 1. The molecular formula is C20H18N2O6. The van der Waals surface area contributed by atoms with Crippen molar-refractivity contribution < 1.29 is 28.7 Å². The Kier molecular flexibility index (Phi) is 5.69. The van der Waals surface area contributed by atoms with Crippen molar-refractivity contribution in [3.8, 4) is 5.75 Å². The van der Waals surface area contributed by atoms with Crippen molar-refractivity contribution in [3.63, 3.8) is 0 Å². The molecule has 0 aliphatic carbocycles. The summed E-state index contributed by atoms with van der Waals surface area (Å²) in [7, 11) is 1.44. The second kappa shape index (κ2) is 8.34. The zero-order chi connectivity index (χ0) is 20.1. The molecule has 2 aromatic carbocycles. The summed E-state index contributed by atoms with van der Waals surface area (Å²) in [5.41, 5.74) is 0.967. The largest absolute Gasteiger partial charge is 0.496 e. The molecule has 144 valence electrons. The van der Waals surface area contributed by atoms with Crippen molar-refractivity contribution in [1.29, 1.82) is 0 Å². The maximum absolute atomic E-state index is 12.2. The van der Waals surface area contributed by atoms with Gasteiger partial charge in [-0.15, -0.1) is 0 Å². The molecule has 1 aliphatic heterocycles. The quantitative estimate of drug-likeness (QED) is 0.571. The second-order valence-corrected chi connectivity index (χ2v) is 5.91. The lowest BCUT2D eigenvalue weighted by Gasteiger charge is -2.14. The highest BCUT2D eigenvalue weighted by Crippen LogP contribution is 2.22. The summed E-state index contributed by atoms with van der Waals surface area (Å²) < 4.78 is 10.1. The van der Waals surface area contributed by atoms with Gasteiger partial charge in [0.2, 0.25) is 0 Å². The van der Waals surface area contributed by atoms with Crippen molar-refractivity contribution in [2.24, 2.45) is 0 Å². The van der Waals surface area contributed by atoms with Gasteiger partial charge in [0.25, 0.3) is 17.7 Å². The Morgan fingerprint density at radius 3 is 2.21 bits per heavy atom. The minimum atomic E-state index is -0.681. The van der Waals surface area contributed by atoms with Crippen molar-refractivity contribution in [2.45, 2.75) is 0 Å². The molecule has 0 atom stereocenters. The van der Waals surface area contributed by atoms with Gasteiger partial charge < -0.3 is 14.8 Å². The number of ether oxygens (including phenoxy) is 2. The topological polar surface area (TPSA) is 102 Å². The molecule has 28 heavy (non-hydrogen) atoms. The summed E-state index contributed by atoms with van der Waals surface area (Å²) in [6, 6.07) is 13.1. The van der Waals surface area contributed by atoms with Crippen LogP contribution in [0.5, 0.6) is 5.75 Å². The lowest BCUT2D eigenvalue weighted by atomic mass is 10.1. The zero-order valence-electron chi connectivity index (χ0n) is 15.1. The normalized spacial score (nSPS) is 12.5. The van der Waals surface area contributed by atoms with Gasteiger partial charge in [0.1, 0.15) is 18.9 Å². The molecule has 2 aromatic rings. The van der Waals surface area contributed by atoms with Gasteiger partial charge in [-0.05, 0) is 24.3 Å². The summed E-state index contributed by atoms with van der Waals surface area (Å²) in [6.07, 6.45) is 0. The van der Waals surface area contributed by atoms with Gasteiger partial charge in [0.05, 0.1) is 30.3 Å². The van der Waals surface area contributed by atoms with Crippen LogP contribution in [-0.4, -0.2) is 55.4 Å². The molecule has 0 radical (unpaired) electrons. The monoisotopic (exact) mass is 382 g/mol. The number of carbonyl (C=O) groups is 4. The van der Waals surface area contributed by atoms with Gasteiger partial charge >= 0.3 is 5.97 Å². The van der Waals surface area contributed by atoms with E-state index in [1.165, 1.54) is 7.11 Å².